The molecular weight excluding hydrogens is 518 g/mol. The molecule has 40 heavy (non-hydrogen) atoms. The number of anilines is 3. The van der Waals surface area contributed by atoms with Crippen LogP contribution in [0.3, 0.4) is 0 Å². The van der Waals surface area contributed by atoms with Gasteiger partial charge in [-0.3, -0.25) is 4.57 Å². The lowest BCUT2D eigenvalue weighted by Gasteiger charge is -2.24. The SMILES string of the molecule is CCc1cc([C@H]2O[C@@H](n3cnc4c(N(CO)CC(C)C)nc(NCCNc5ccccn5)nc43)[C@H](O)[C@@H]2O)on1. The second-order valence-corrected chi connectivity index (χ2v) is 10.0. The lowest BCUT2D eigenvalue weighted by molar-refractivity contribution is -0.0434. The topological polar surface area (TPSA) is 180 Å². The maximum Gasteiger partial charge on any atom is 0.226 e. The molecule has 0 aliphatic carbocycles. The first-order valence-corrected chi connectivity index (χ1v) is 13.4. The van der Waals surface area contributed by atoms with Crippen molar-refractivity contribution < 1.29 is 24.6 Å². The zero-order valence-electron chi connectivity index (χ0n) is 22.7. The highest BCUT2D eigenvalue weighted by Gasteiger charge is 2.47. The van der Waals surface area contributed by atoms with E-state index < -0.39 is 24.5 Å². The Morgan fingerprint density at radius 3 is 2.62 bits per heavy atom. The summed E-state index contributed by atoms with van der Waals surface area (Å²) in [7, 11) is 0. The van der Waals surface area contributed by atoms with Gasteiger partial charge >= 0.3 is 0 Å². The normalized spacial score (nSPS) is 20.9. The summed E-state index contributed by atoms with van der Waals surface area (Å²) in [4.78, 5) is 19.8. The predicted molar refractivity (Wildman–Crippen MR) is 147 cm³/mol. The number of aromatic nitrogens is 6. The van der Waals surface area contributed by atoms with Crippen LogP contribution in [-0.2, 0) is 11.2 Å². The van der Waals surface area contributed by atoms with Gasteiger partial charge in [-0.2, -0.15) is 9.97 Å². The summed E-state index contributed by atoms with van der Waals surface area (Å²) in [5, 5.41) is 42.4. The zero-order chi connectivity index (χ0) is 28.2. The highest BCUT2D eigenvalue weighted by molar-refractivity contribution is 5.85. The van der Waals surface area contributed by atoms with Crippen molar-refractivity contribution >= 4 is 28.7 Å². The van der Waals surface area contributed by atoms with Gasteiger partial charge in [-0.1, -0.05) is 32.0 Å². The van der Waals surface area contributed by atoms with E-state index in [0.717, 1.165) is 11.5 Å². The molecule has 1 saturated heterocycles. The first-order chi connectivity index (χ1) is 19.4. The second kappa shape index (κ2) is 12.1. The number of pyridine rings is 1. The van der Waals surface area contributed by atoms with Crippen molar-refractivity contribution in [1.29, 1.82) is 0 Å². The first kappa shape index (κ1) is 27.7. The van der Waals surface area contributed by atoms with Crippen LogP contribution >= 0.6 is 0 Å². The Balaban J connectivity index is 1.44. The molecule has 4 atom stereocenters. The molecule has 0 saturated carbocycles. The largest absolute Gasteiger partial charge is 0.387 e. The molecule has 0 unspecified atom stereocenters. The van der Waals surface area contributed by atoms with E-state index in [4.69, 9.17) is 9.26 Å². The molecule has 5 N–H and O–H groups in total. The molecule has 4 aromatic rings. The van der Waals surface area contributed by atoms with Gasteiger partial charge in [0.1, 0.15) is 30.9 Å². The second-order valence-electron chi connectivity index (χ2n) is 10.0. The Bertz CT molecular complexity index is 1400. The maximum absolute atomic E-state index is 11.0. The molecule has 1 fully saturated rings. The maximum atomic E-state index is 11.0. The number of aliphatic hydroxyl groups is 3. The van der Waals surface area contributed by atoms with Crippen LogP contribution in [0.1, 0.15) is 44.6 Å². The van der Waals surface area contributed by atoms with Crippen molar-refractivity contribution in [2.75, 3.05) is 41.9 Å². The highest BCUT2D eigenvalue weighted by atomic mass is 16.6. The van der Waals surface area contributed by atoms with Crippen LogP contribution in [0.5, 0.6) is 0 Å². The fraction of sp³-hybridized carbons (Fsp3) is 0.500. The van der Waals surface area contributed by atoms with Gasteiger partial charge in [-0.15, -0.1) is 0 Å². The molecule has 0 radical (unpaired) electrons. The predicted octanol–water partition coefficient (Wildman–Crippen LogP) is 1.70. The number of aliphatic hydroxyl groups excluding tert-OH is 3. The van der Waals surface area contributed by atoms with Crippen molar-refractivity contribution in [3.05, 3.63) is 48.2 Å². The van der Waals surface area contributed by atoms with E-state index in [2.05, 4.69) is 35.7 Å². The van der Waals surface area contributed by atoms with Gasteiger partial charge in [0.25, 0.3) is 0 Å². The van der Waals surface area contributed by atoms with E-state index in [1.54, 1.807) is 21.7 Å². The van der Waals surface area contributed by atoms with Gasteiger partial charge in [0.05, 0.1) is 12.0 Å². The summed E-state index contributed by atoms with van der Waals surface area (Å²) in [5.41, 5.74) is 1.52. The average molecular weight is 554 g/mol. The highest BCUT2D eigenvalue weighted by Crippen LogP contribution is 2.40. The van der Waals surface area contributed by atoms with Gasteiger partial charge in [0, 0.05) is 31.9 Å². The van der Waals surface area contributed by atoms with Crippen LogP contribution in [0, 0.1) is 5.92 Å². The third kappa shape index (κ3) is 5.70. The summed E-state index contributed by atoms with van der Waals surface area (Å²) >= 11 is 0. The van der Waals surface area contributed by atoms with Crippen LogP contribution in [0.25, 0.3) is 11.2 Å². The summed E-state index contributed by atoms with van der Waals surface area (Å²) in [6.45, 7) is 7.32. The molecular formula is C26H35N9O5. The quantitative estimate of drug-likeness (QED) is 0.126. The standard InChI is InChI=1S/C26H35N9O5/c1-4-16-11-17(40-33-16)22-20(37)21(38)25(39-22)35-13-30-19-23(34(14-36)12-15(2)3)31-26(32-24(19)35)29-10-9-28-18-7-5-6-8-27-18/h5-8,11,13,15,20-22,25,36-38H,4,9-10,12,14H2,1-3H3,(H,27,28)(H,29,31,32)/t20-,21+,22+,25+/m0/s1. The van der Waals surface area contributed by atoms with Gasteiger partial charge < -0.3 is 40.1 Å². The molecule has 214 valence electrons. The number of nitrogens with zero attached hydrogens (tertiary/aromatic N) is 7. The van der Waals surface area contributed by atoms with E-state index in [1.165, 1.54) is 6.33 Å². The van der Waals surface area contributed by atoms with Crippen LogP contribution in [0.2, 0.25) is 0 Å². The number of imidazole rings is 1. The molecule has 5 rings (SSSR count). The van der Waals surface area contributed by atoms with E-state index in [-0.39, 0.29) is 12.6 Å². The van der Waals surface area contributed by atoms with E-state index in [9.17, 15) is 15.3 Å². The van der Waals surface area contributed by atoms with Gasteiger partial charge in [-0.25, -0.2) is 9.97 Å². The third-order valence-electron chi connectivity index (χ3n) is 6.57. The number of rotatable bonds is 12. The summed E-state index contributed by atoms with van der Waals surface area (Å²) in [6, 6.07) is 7.33. The molecule has 1 aliphatic heterocycles. The van der Waals surface area contributed by atoms with Gasteiger partial charge in [-0.05, 0) is 24.5 Å². The lowest BCUT2D eigenvalue weighted by Crippen LogP contribution is -2.30. The molecule has 0 bridgehead atoms. The number of ether oxygens (including phenoxy) is 1. The van der Waals surface area contributed by atoms with Crippen molar-refractivity contribution in [2.24, 2.45) is 5.92 Å². The molecule has 1 aliphatic rings. The Morgan fingerprint density at radius 1 is 1.10 bits per heavy atom. The Hall–Kier alpha value is -3.85. The summed E-state index contributed by atoms with van der Waals surface area (Å²) in [6.07, 6.45) is -0.613. The minimum absolute atomic E-state index is 0.240. The van der Waals surface area contributed by atoms with Gasteiger partial charge in [0.15, 0.2) is 29.0 Å². The van der Waals surface area contributed by atoms with Crippen LogP contribution < -0.4 is 15.5 Å². The Kier molecular flexibility index (Phi) is 8.40. The number of hydrogen-bond acceptors (Lipinski definition) is 13. The third-order valence-corrected chi connectivity index (χ3v) is 6.57. The number of fused-ring (bicyclic) bond motifs is 1. The first-order valence-electron chi connectivity index (χ1n) is 13.4. The number of nitrogens with one attached hydrogen (secondary N) is 2. The average Bonchev–Trinajstić information content (AvgIpc) is 3.68. The number of aryl methyl sites for hydroxylation is 1. The molecule has 14 nitrogen and oxygen atoms in total. The lowest BCUT2D eigenvalue weighted by atomic mass is 10.1. The molecule has 5 heterocycles. The minimum atomic E-state index is -1.29. The van der Waals surface area contributed by atoms with E-state index in [1.807, 2.05) is 39.0 Å². The fourth-order valence-electron chi connectivity index (χ4n) is 4.62. The summed E-state index contributed by atoms with van der Waals surface area (Å²) < 4.78 is 13.0. The Labute approximate surface area is 231 Å². The smallest absolute Gasteiger partial charge is 0.226 e. The van der Waals surface area contributed by atoms with Crippen molar-refractivity contribution in [3.8, 4) is 0 Å². The van der Waals surface area contributed by atoms with Gasteiger partial charge in [0.2, 0.25) is 5.95 Å². The zero-order valence-corrected chi connectivity index (χ0v) is 22.7. The molecule has 4 aromatic heterocycles. The fourth-order valence-corrected chi connectivity index (χ4v) is 4.62. The molecule has 0 amide bonds. The van der Waals surface area contributed by atoms with Crippen LogP contribution in [-0.4, -0.2) is 83.6 Å². The van der Waals surface area contributed by atoms with Crippen molar-refractivity contribution in [2.45, 2.75) is 51.7 Å². The molecule has 0 aromatic carbocycles. The monoisotopic (exact) mass is 553 g/mol. The van der Waals surface area contributed by atoms with Crippen molar-refractivity contribution in [3.63, 3.8) is 0 Å². The van der Waals surface area contributed by atoms with E-state index in [0.29, 0.717) is 54.7 Å². The summed E-state index contributed by atoms with van der Waals surface area (Å²) in [5.74, 6) is 2.07. The van der Waals surface area contributed by atoms with Crippen LogP contribution in [0.15, 0.2) is 41.3 Å². The van der Waals surface area contributed by atoms with Crippen molar-refractivity contribution in [1.82, 2.24) is 29.7 Å². The molecule has 0 spiro atoms. The Morgan fingerprint density at radius 2 is 1.93 bits per heavy atom. The van der Waals surface area contributed by atoms with E-state index >= 15 is 0 Å². The minimum Gasteiger partial charge on any atom is -0.387 e. The molecule has 14 heteroatoms. The van der Waals surface area contributed by atoms with Crippen LogP contribution in [0.4, 0.5) is 17.6 Å². The number of hydrogen-bond donors (Lipinski definition) is 5.